The largest absolute Gasteiger partial charge is 0.494 e. The van der Waals surface area contributed by atoms with E-state index in [1.807, 2.05) is 50.2 Å². The molecule has 2 rings (SSSR count). The van der Waals surface area contributed by atoms with Crippen LogP contribution in [0.3, 0.4) is 0 Å². The highest BCUT2D eigenvalue weighted by molar-refractivity contribution is 7.99. The molecule has 150 valence electrons. The zero-order valence-corrected chi connectivity index (χ0v) is 18.1. The fourth-order valence-corrected chi connectivity index (χ4v) is 3.71. The minimum absolute atomic E-state index is 0.0189. The third kappa shape index (κ3) is 5.86. The quantitative estimate of drug-likeness (QED) is 0.552. The molecule has 0 bridgehead atoms. The van der Waals surface area contributed by atoms with Gasteiger partial charge >= 0.3 is 0 Å². The van der Waals surface area contributed by atoms with E-state index in [2.05, 4.69) is 19.2 Å². The standard InChI is InChI=1S/C23H29NO3S/c1-6-27-22-12-11-18(16(4)25)13-19(22)14-28-17(5)23(26)24-21-10-8-7-9-20(21)15(2)3/h7-13,15,17H,6,14H2,1-5H3,(H,24,26). The summed E-state index contributed by atoms with van der Waals surface area (Å²) in [6, 6.07) is 13.4. The lowest BCUT2D eigenvalue weighted by molar-refractivity contribution is -0.115. The minimum atomic E-state index is -0.240. The molecule has 0 spiro atoms. The maximum absolute atomic E-state index is 12.7. The number of ether oxygens (including phenoxy) is 1. The topological polar surface area (TPSA) is 55.4 Å². The Morgan fingerprint density at radius 3 is 2.46 bits per heavy atom. The Labute approximate surface area is 172 Å². The Balaban J connectivity index is 2.07. The summed E-state index contributed by atoms with van der Waals surface area (Å²) in [6.07, 6.45) is 0. The van der Waals surface area contributed by atoms with Crippen molar-refractivity contribution in [3.05, 3.63) is 59.2 Å². The van der Waals surface area contributed by atoms with Crippen molar-refractivity contribution in [1.29, 1.82) is 0 Å². The van der Waals surface area contributed by atoms with Crippen LogP contribution in [-0.4, -0.2) is 23.5 Å². The van der Waals surface area contributed by atoms with Crippen LogP contribution in [0.4, 0.5) is 5.69 Å². The maximum Gasteiger partial charge on any atom is 0.237 e. The van der Waals surface area contributed by atoms with Crippen molar-refractivity contribution >= 4 is 29.1 Å². The fourth-order valence-electron chi connectivity index (χ4n) is 2.85. The Morgan fingerprint density at radius 2 is 1.82 bits per heavy atom. The van der Waals surface area contributed by atoms with Gasteiger partial charge in [0, 0.05) is 22.6 Å². The highest BCUT2D eigenvalue weighted by atomic mass is 32.2. The summed E-state index contributed by atoms with van der Waals surface area (Å²) in [7, 11) is 0. The van der Waals surface area contributed by atoms with E-state index in [4.69, 9.17) is 4.74 Å². The second-order valence-electron chi connectivity index (χ2n) is 7.00. The van der Waals surface area contributed by atoms with Crippen LogP contribution < -0.4 is 10.1 Å². The van der Waals surface area contributed by atoms with E-state index in [1.54, 1.807) is 13.0 Å². The highest BCUT2D eigenvalue weighted by Crippen LogP contribution is 2.29. The first-order valence-corrected chi connectivity index (χ1v) is 10.7. The SMILES string of the molecule is CCOc1ccc(C(C)=O)cc1CSC(C)C(=O)Nc1ccccc1C(C)C. The molecule has 2 aromatic carbocycles. The van der Waals surface area contributed by atoms with Gasteiger partial charge in [-0.15, -0.1) is 11.8 Å². The van der Waals surface area contributed by atoms with Crippen molar-refractivity contribution < 1.29 is 14.3 Å². The molecule has 0 aliphatic rings. The summed E-state index contributed by atoms with van der Waals surface area (Å²) >= 11 is 1.53. The second-order valence-corrected chi connectivity index (χ2v) is 8.33. The number of ketones is 1. The van der Waals surface area contributed by atoms with Crippen molar-refractivity contribution in [1.82, 2.24) is 0 Å². The number of Topliss-reactive ketones (excluding diaryl/α,β-unsaturated/α-hetero) is 1. The molecule has 0 saturated carbocycles. The molecule has 0 heterocycles. The van der Waals surface area contributed by atoms with Gasteiger partial charge in [0.25, 0.3) is 0 Å². The van der Waals surface area contributed by atoms with Crippen LogP contribution in [-0.2, 0) is 10.5 Å². The number of thioether (sulfide) groups is 1. The molecule has 0 aliphatic heterocycles. The zero-order chi connectivity index (χ0) is 20.7. The Morgan fingerprint density at radius 1 is 1.11 bits per heavy atom. The lowest BCUT2D eigenvalue weighted by Gasteiger charge is -2.17. The van der Waals surface area contributed by atoms with E-state index in [0.717, 1.165) is 22.6 Å². The first kappa shape index (κ1) is 22.0. The van der Waals surface area contributed by atoms with Gasteiger partial charge in [-0.3, -0.25) is 9.59 Å². The van der Waals surface area contributed by atoms with E-state index in [-0.39, 0.29) is 16.9 Å². The number of hydrogen-bond donors (Lipinski definition) is 1. The van der Waals surface area contributed by atoms with Crippen LogP contribution in [0, 0.1) is 0 Å². The minimum Gasteiger partial charge on any atom is -0.494 e. The summed E-state index contributed by atoms with van der Waals surface area (Å²) in [4.78, 5) is 24.4. The lowest BCUT2D eigenvalue weighted by Crippen LogP contribution is -2.23. The average molecular weight is 400 g/mol. The van der Waals surface area contributed by atoms with Gasteiger partial charge in [-0.1, -0.05) is 32.0 Å². The monoisotopic (exact) mass is 399 g/mol. The van der Waals surface area contributed by atoms with Crippen LogP contribution >= 0.6 is 11.8 Å². The van der Waals surface area contributed by atoms with Gasteiger partial charge in [0.2, 0.25) is 5.91 Å². The molecular weight excluding hydrogens is 370 g/mol. The number of carbonyl (C=O) groups excluding carboxylic acids is 2. The van der Waals surface area contributed by atoms with Gasteiger partial charge < -0.3 is 10.1 Å². The number of nitrogens with one attached hydrogen (secondary N) is 1. The molecule has 0 aromatic heterocycles. The summed E-state index contributed by atoms with van der Waals surface area (Å²) in [5, 5.41) is 2.81. The number of benzene rings is 2. The number of carbonyl (C=O) groups is 2. The third-order valence-corrected chi connectivity index (χ3v) is 5.66. The zero-order valence-electron chi connectivity index (χ0n) is 17.2. The molecule has 1 unspecified atom stereocenters. The predicted molar refractivity (Wildman–Crippen MR) is 118 cm³/mol. The van der Waals surface area contributed by atoms with E-state index < -0.39 is 0 Å². The van der Waals surface area contributed by atoms with Crippen molar-refractivity contribution in [2.45, 2.75) is 51.5 Å². The van der Waals surface area contributed by atoms with Gasteiger partial charge in [-0.25, -0.2) is 0 Å². The van der Waals surface area contributed by atoms with E-state index >= 15 is 0 Å². The maximum atomic E-state index is 12.7. The van der Waals surface area contributed by atoms with Crippen molar-refractivity contribution in [2.75, 3.05) is 11.9 Å². The molecule has 1 amide bonds. The normalized spacial score (nSPS) is 11.9. The molecule has 0 aliphatic carbocycles. The van der Waals surface area contributed by atoms with Crippen molar-refractivity contribution in [3.8, 4) is 5.75 Å². The van der Waals surface area contributed by atoms with E-state index in [0.29, 0.717) is 23.8 Å². The first-order valence-electron chi connectivity index (χ1n) is 9.61. The summed E-state index contributed by atoms with van der Waals surface area (Å²) < 4.78 is 5.68. The smallest absolute Gasteiger partial charge is 0.237 e. The van der Waals surface area contributed by atoms with Gasteiger partial charge in [0.05, 0.1) is 11.9 Å². The fraction of sp³-hybridized carbons (Fsp3) is 0.391. The molecule has 28 heavy (non-hydrogen) atoms. The van der Waals surface area contributed by atoms with Gasteiger partial charge in [-0.2, -0.15) is 0 Å². The lowest BCUT2D eigenvalue weighted by atomic mass is 10.0. The molecular formula is C23H29NO3S. The molecule has 0 saturated heterocycles. The van der Waals surface area contributed by atoms with Crippen molar-refractivity contribution in [2.24, 2.45) is 0 Å². The van der Waals surface area contributed by atoms with Crippen molar-refractivity contribution in [3.63, 3.8) is 0 Å². The molecule has 0 fully saturated rings. The van der Waals surface area contributed by atoms with Crippen LogP contribution in [0.25, 0.3) is 0 Å². The first-order chi connectivity index (χ1) is 13.3. The number of anilines is 1. The molecule has 1 N–H and O–H groups in total. The van der Waals surface area contributed by atoms with Gasteiger partial charge in [0.1, 0.15) is 5.75 Å². The summed E-state index contributed by atoms with van der Waals surface area (Å²) in [5.41, 5.74) is 3.58. The van der Waals surface area contributed by atoms with Crippen LogP contribution in [0.5, 0.6) is 5.75 Å². The second kappa shape index (κ2) is 10.3. The molecule has 0 radical (unpaired) electrons. The Bertz CT molecular complexity index is 832. The summed E-state index contributed by atoms with van der Waals surface area (Å²) in [6.45, 7) is 10.2. The van der Waals surface area contributed by atoms with Gasteiger partial charge in [0.15, 0.2) is 5.78 Å². The number of amides is 1. The predicted octanol–water partition coefficient (Wildman–Crippen LogP) is 5.67. The average Bonchev–Trinajstić information content (AvgIpc) is 2.67. The van der Waals surface area contributed by atoms with E-state index in [9.17, 15) is 9.59 Å². The number of para-hydroxylation sites is 1. The van der Waals surface area contributed by atoms with Gasteiger partial charge in [-0.05, 0) is 56.5 Å². The molecule has 5 heteroatoms. The molecule has 4 nitrogen and oxygen atoms in total. The van der Waals surface area contributed by atoms with Crippen LogP contribution in [0.2, 0.25) is 0 Å². The molecule has 2 aromatic rings. The Kier molecular flexibility index (Phi) is 8.12. The third-order valence-electron chi connectivity index (χ3n) is 4.47. The highest BCUT2D eigenvalue weighted by Gasteiger charge is 2.17. The summed E-state index contributed by atoms with van der Waals surface area (Å²) in [5.74, 6) is 1.68. The molecule has 1 atom stereocenters. The number of rotatable bonds is 9. The van der Waals surface area contributed by atoms with Crippen LogP contribution in [0.15, 0.2) is 42.5 Å². The Hall–Kier alpha value is -2.27. The number of hydrogen-bond acceptors (Lipinski definition) is 4. The van der Waals surface area contributed by atoms with Crippen LogP contribution in [0.1, 0.15) is 62.0 Å². The van der Waals surface area contributed by atoms with E-state index in [1.165, 1.54) is 11.8 Å².